The van der Waals surface area contributed by atoms with Gasteiger partial charge in [-0.1, -0.05) is 50.2 Å². The molecule has 0 saturated carbocycles. The van der Waals surface area contributed by atoms with Crippen LogP contribution in [0.25, 0.3) is 0 Å². The van der Waals surface area contributed by atoms with Crippen LogP contribution in [0.5, 0.6) is 23.0 Å². The Bertz CT molecular complexity index is 1200. The molecule has 3 aromatic rings. The van der Waals surface area contributed by atoms with E-state index in [-0.39, 0.29) is 18.4 Å². The molecule has 176 valence electrons. The van der Waals surface area contributed by atoms with Crippen LogP contribution in [-0.4, -0.2) is 26.2 Å². The zero-order valence-electron chi connectivity index (χ0n) is 19.7. The van der Waals surface area contributed by atoms with Crippen molar-refractivity contribution in [1.82, 2.24) is 10.6 Å². The van der Waals surface area contributed by atoms with Gasteiger partial charge in [-0.15, -0.1) is 0 Å². The third-order valence-corrected chi connectivity index (χ3v) is 6.13. The summed E-state index contributed by atoms with van der Waals surface area (Å²) in [5, 5.41) is 5.26. The average Bonchev–Trinajstić information content (AvgIpc) is 2.85. The molecule has 3 aromatic carbocycles. The van der Waals surface area contributed by atoms with Crippen LogP contribution >= 0.6 is 0 Å². The van der Waals surface area contributed by atoms with Crippen LogP contribution in [0.4, 0.5) is 4.79 Å². The average molecular weight is 461 g/mol. The molecular formula is C27H28N2O5. The number of fused-ring (bicyclic) bond motifs is 2. The molecular weight excluding hydrogens is 432 g/mol. The van der Waals surface area contributed by atoms with Gasteiger partial charge >= 0.3 is 6.03 Å². The largest absolute Gasteiger partial charge is 0.497 e. The lowest BCUT2D eigenvalue weighted by atomic mass is 9.69. The number of urea groups is 1. The summed E-state index contributed by atoms with van der Waals surface area (Å²) in [5.41, 5.74) is 1.68. The van der Waals surface area contributed by atoms with Gasteiger partial charge in [-0.3, -0.25) is 10.1 Å². The van der Waals surface area contributed by atoms with Gasteiger partial charge in [0.25, 0.3) is 0 Å². The van der Waals surface area contributed by atoms with Gasteiger partial charge in [-0.25, -0.2) is 4.79 Å². The molecule has 7 heteroatoms. The molecule has 0 aliphatic carbocycles. The predicted octanol–water partition coefficient (Wildman–Crippen LogP) is 4.99. The van der Waals surface area contributed by atoms with Crippen molar-refractivity contribution in [2.45, 2.75) is 26.3 Å². The third kappa shape index (κ3) is 4.55. The van der Waals surface area contributed by atoms with Crippen LogP contribution in [0.3, 0.4) is 0 Å². The number of nitrogens with one attached hydrogen (secondary N) is 2. The van der Waals surface area contributed by atoms with Crippen molar-refractivity contribution in [2.24, 2.45) is 5.41 Å². The number of hydrogen-bond acceptors (Lipinski definition) is 5. The smallest absolute Gasteiger partial charge is 0.321 e. The fourth-order valence-electron chi connectivity index (χ4n) is 4.21. The first-order valence-electron chi connectivity index (χ1n) is 11.0. The van der Waals surface area contributed by atoms with Gasteiger partial charge in [0.15, 0.2) is 0 Å². The van der Waals surface area contributed by atoms with Crippen LogP contribution in [0, 0.1) is 5.41 Å². The minimum absolute atomic E-state index is 0.284. The highest BCUT2D eigenvalue weighted by Crippen LogP contribution is 2.52. The number of methoxy groups -OCH3 is 2. The third-order valence-electron chi connectivity index (χ3n) is 6.13. The Balaban J connectivity index is 1.53. The Morgan fingerprint density at radius 3 is 2.24 bits per heavy atom. The SMILES string of the molecule is COc1ccc(CNC(=O)NC(=O)C(C)(C)[C@H]2c3ccccc3Oc3cc(OC)ccc32)cc1. The number of ether oxygens (including phenoxy) is 3. The molecule has 0 spiro atoms. The first kappa shape index (κ1) is 23.2. The monoisotopic (exact) mass is 460 g/mol. The number of carbonyl (C=O) groups excluding carboxylic acids is 2. The second-order valence-corrected chi connectivity index (χ2v) is 8.68. The van der Waals surface area contributed by atoms with Crippen LogP contribution in [0.2, 0.25) is 0 Å². The van der Waals surface area contributed by atoms with Crippen LogP contribution in [-0.2, 0) is 11.3 Å². The molecule has 1 aliphatic heterocycles. The Morgan fingerprint density at radius 1 is 0.882 bits per heavy atom. The highest BCUT2D eigenvalue weighted by Gasteiger charge is 2.44. The van der Waals surface area contributed by atoms with Crippen LogP contribution in [0.15, 0.2) is 66.7 Å². The number of carbonyl (C=O) groups is 2. The number of hydrogen-bond donors (Lipinski definition) is 2. The van der Waals surface area contributed by atoms with Gasteiger partial charge in [-0.2, -0.15) is 0 Å². The van der Waals surface area contributed by atoms with Crippen molar-refractivity contribution in [1.29, 1.82) is 0 Å². The summed E-state index contributed by atoms with van der Waals surface area (Å²) >= 11 is 0. The van der Waals surface area contributed by atoms with E-state index in [1.807, 2.05) is 80.6 Å². The van der Waals surface area contributed by atoms with Gasteiger partial charge in [0.2, 0.25) is 5.91 Å². The number of imide groups is 1. The fourth-order valence-corrected chi connectivity index (χ4v) is 4.21. The van der Waals surface area contributed by atoms with E-state index in [1.165, 1.54) is 0 Å². The molecule has 1 atom stereocenters. The van der Waals surface area contributed by atoms with E-state index >= 15 is 0 Å². The molecule has 1 aliphatic rings. The van der Waals surface area contributed by atoms with Crippen molar-refractivity contribution < 1.29 is 23.8 Å². The standard InChI is InChI=1S/C27H28N2O5/c1-27(2,25(30)29-26(31)28-16-17-9-11-18(32-3)12-10-17)24-20-7-5-6-8-22(20)34-23-15-19(33-4)13-14-21(23)24/h5-15,24H,16H2,1-4H3,(H2,28,29,30,31)/t24-/m0/s1. The van der Waals surface area contributed by atoms with E-state index < -0.39 is 11.4 Å². The van der Waals surface area contributed by atoms with Crippen LogP contribution < -0.4 is 24.8 Å². The molecule has 3 amide bonds. The zero-order valence-corrected chi connectivity index (χ0v) is 19.7. The summed E-state index contributed by atoms with van der Waals surface area (Å²) in [6.45, 7) is 3.95. The van der Waals surface area contributed by atoms with Crippen molar-refractivity contribution in [2.75, 3.05) is 14.2 Å². The second-order valence-electron chi connectivity index (χ2n) is 8.68. The Morgan fingerprint density at radius 2 is 1.53 bits per heavy atom. The first-order chi connectivity index (χ1) is 16.3. The lowest BCUT2D eigenvalue weighted by Crippen LogP contribution is -2.47. The molecule has 4 rings (SSSR count). The van der Waals surface area contributed by atoms with E-state index in [2.05, 4.69) is 10.6 Å². The van der Waals surface area contributed by atoms with Crippen molar-refractivity contribution >= 4 is 11.9 Å². The van der Waals surface area contributed by atoms with Gasteiger partial charge in [0.05, 0.1) is 19.6 Å². The zero-order chi connectivity index (χ0) is 24.3. The summed E-state index contributed by atoms with van der Waals surface area (Å²) in [4.78, 5) is 25.9. The minimum atomic E-state index is -0.958. The maximum absolute atomic E-state index is 13.4. The van der Waals surface area contributed by atoms with E-state index in [1.54, 1.807) is 14.2 Å². The number of amides is 3. The summed E-state index contributed by atoms with van der Waals surface area (Å²) in [6.07, 6.45) is 0. The Labute approximate surface area is 199 Å². The highest BCUT2D eigenvalue weighted by molar-refractivity contribution is 5.98. The second kappa shape index (κ2) is 9.47. The summed E-state index contributed by atoms with van der Waals surface area (Å²) in [7, 11) is 3.19. The molecule has 0 unspecified atom stereocenters. The van der Waals surface area contributed by atoms with Gasteiger partial charge < -0.3 is 19.5 Å². The molecule has 0 saturated heterocycles. The first-order valence-corrected chi connectivity index (χ1v) is 11.0. The van der Waals surface area contributed by atoms with Gasteiger partial charge in [-0.05, 0) is 29.8 Å². The molecule has 0 fully saturated rings. The van der Waals surface area contributed by atoms with Gasteiger partial charge in [0, 0.05) is 29.7 Å². The predicted molar refractivity (Wildman–Crippen MR) is 129 cm³/mol. The summed E-state index contributed by atoms with van der Waals surface area (Å²) in [5.74, 6) is 2.00. The van der Waals surface area contributed by atoms with Gasteiger partial charge in [0.1, 0.15) is 23.0 Å². The molecule has 1 heterocycles. The summed E-state index contributed by atoms with van der Waals surface area (Å²) < 4.78 is 16.6. The Kier molecular flexibility index (Phi) is 6.45. The van der Waals surface area contributed by atoms with E-state index in [0.29, 0.717) is 17.2 Å². The summed E-state index contributed by atoms with van der Waals surface area (Å²) in [6, 6.07) is 20.0. The lowest BCUT2D eigenvalue weighted by Gasteiger charge is -2.38. The number of para-hydroxylation sites is 1. The number of benzene rings is 3. The normalized spacial score (nSPS) is 14.2. The maximum Gasteiger partial charge on any atom is 0.321 e. The molecule has 0 aromatic heterocycles. The van der Waals surface area contributed by atoms with E-state index in [0.717, 1.165) is 22.4 Å². The number of rotatable bonds is 6. The molecule has 7 nitrogen and oxygen atoms in total. The molecule has 2 N–H and O–H groups in total. The van der Waals surface area contributed by atoms with Crippen molar-refractivity contribution in [3.8, 4) is 23.0 Å². The van der Waals surface area contributed by atoms with Crippen molar-refractivity contribution in [3.05, 3.63) is 83.4 Å². The van der Waals surface area contributed by atoms with Crippen LogP contribution in [0.1, 0.15) is 36.5 Å². The maximum atomic E-state index is 13.4. The van der Waals surface area contributed by atoms with E-state index in [9.17, 15) is 9.59 Å². The fraction of sp³-hybridized carbons (Fsp3) is 0.259. The molecule has 0 radical (unpaired) electrons. The van der Waals surface area contributed by atoms with Crippen molar-refractivity contribution in [3.63, 3.8) is 0 Å². The minimum Gasteiger partial charge on any atom is -0.497 e. The topological polar surface area (TPSA) is 85.9 Å². The van der Waals surface area contributed by atoms with E-state index in [4.69, 9.17) is 14.2 Å². The molecule has 0 bridgehead atoms. The quantitative estimate of drug-likeness (QED) is 0.541. The Hall–Kier alpha value is -4.00. The lowest BCUT2D eigenvalue weighted by molar-refractivity contribution is -0.128. The molecule has 34 heavy (non-hydrogen) atoms. The highest BCUT2D eigenvalue weighted by atomic mass is 16.5.